The summed E-state index contributed by atoms with van der Waals surface area (Å²) in [5.74, 6) is 1.47. The number of hydrogen-bond donors (Lipinski definition) is 0. The maximum absolute atomic E-state index is 5.43. The van der Waals surface area contributed by atoms with Crippen molar-refractivity contribution in [2.45, 2.75) is 0 Å². The summed E-state index contributed by atoms with van der Waals surface area (Å²) in [5, 5.41) is 0. The van der Waals surface area contributed by atoms with Gasteiger partial charge in [0, 0.05) is 12.1 Å². The highest BCUT2D eigenvalue weighted by Crippen LogP contribution is 2.24. The Morgan fingerprint density at radius 1 is 0.833 bits per heavy atom. The predicted molar refractivity (Wildman–Crippen MR) is 71.3 cm³/mol. The zero-order chi connectivity index (χ0) is 13.2. The minimum atomic E-state index is 0.374. The van der Waals surface area contributed by atoms with E-state index in [0.717, 1.165) is 0 Å². The minimum absolute atomic E-state index is 0.374. The monoisotopic (exact) mass is 247 g/mol. The summed E-state index contributed by atoms with van der Waals surface area (Å²) in [6.45, 7) is 11.9. The van der Waals surface area contributed by atoms with Gasteiger partial charge in [0.2, 0.25) is 11.8 Å². The molecule has 0 aromatic carbocycles. The smallest absolute Gasteiger partial charge is 0.220 e. The van der Waals surface area contributed by atoms with Gasteiger partial charge in [-0.1, -0.05) is 38.0 Å². The van der Waals surface area contributed by atoms with E-state index in [4.69, 9.17) is 14.2 Å². The molecule has 0 fully saturated rings. The molecular formula is C14H17NO3. The minimum Gasteiger partial charge on any atom is -0.489 e. The molecule has 0 aliphatic heterocycles. The Morgan fingerprint density at radius 3 is 1.72 bits per heavy atom. The normalized spacial score (nSPS) is 9.33. The lowest BCUT2D eigenvalue weighted by Gasteiger charge is -2.09. The lowest BCUT2D eigenvalue weighted by Crippen LogP contribution is -2.02. The van der Waals surface area contributed by atoms with Crippen LogP contribution in [0.1, 0.15) is 0 Å². The third-order valence-electron chi connectivity index (χ3n) is 1.82. The van der Waals surface area contributed by atoms with Crippen LogP contribution < -0.4 is 14.2 Å². The van der Waals surface area contributed by atoms with E-state index >= 15 is 0 Å². The van der Waals surface area contributed by atoms with Crippen LogP contribution in [0.4, 0.5) is 0 Å². The standard InChI is InChI=1S/C14H17NO3/c1-4-7-16-12-10-13(17-8-5-2)15-14(11-12)18-9-6-3/h4-6,10-11H,1-3,7-9H2. The fraction of sp³-hybridized carbons (Fsp3) is 0.214. The highest BCUT2D eigenvalue weighted by Gasteiger charge is 2.05. The molecule has 96 valence electrons. The largest absolute Gasteiger partial charge is 0.489 e. The number of nitrogens with zero attached hydrogens (tertiary/aromatic N) is 1. The van der Waals surface area contributed by atoms with E-state index in [1.807, 2.05) is 0 Å². The highest BCUT2D eigenvalue weighted by molar-refractivity contribution is 5.33. The van der Waals surface area contributed by atoms with Crippen molar-refractivity contribution in [3.05, 3.63) is 50.1 Å². The Hall–Kier alpha value is -2.23. The number of ether oxygens (including phenoxy) is 3. The van der Waals surface area contributed by atoms with Crippen molar-refractivity contribution in [3.63, 3.8) is 0 Å². The molecule has 0 unspecified atom stereocenters. The molecule has 0 amide bonds. The molecule has 0 atom stereocenters. The molecule has 1 rings (SSSR count). The summed E-state index contributed by atoms with van der Waals surface area (Å²) in [6, 6.07) is 3.38. The van der Waals surface area contributed by atoms with E-state index in [1.54, 1.807) is 30.4 Å². The van der Waals surface area contributed by atoms with Gasteiger partial charge in [0.25, 0.3) is 0 Å². The van der Waals surface area contributed by atoms with Crippen molar-refractivity contribution in [2.75, 3.05) is 19.8 Å². The van der Waals surface area contributed by atoms with Crippen molar-refractivity contribution in [2.24, 2.45) is 0 Å². The topological polar surface area (TPSA) is 40.6 Å². The first-order chi connectivity index (χ1) is 8.80. The molecule has 0 aliphatic rings. The van der Waals surface area contributed by atoms with E-state index in [0.29, 0.717) is 37.3 Å². The molecule has 4 nitrogen and oxygen atoms in total. The van der Waals surface area contributed by atoms with Crippen LogP contribution in [0, 0.1) is 0 Å². The molecule has 1 aromatic heterocycles. The number of pyridine rings is 1. The second kappa shape index (κ2) is 7.95. The third kappa shape index (κ3) is 4.74. The lowest BCUT2D eigenvalue weighted by molar-refractivity contribution is 0.307. The van der Waals surface area contributed by atoms with Crippen LogP contribution >= 0.6 is 0 Å². The maximum Gasteiger partial charge on any atom is 0.220 e. The van der Waals surface area contributed by atoms with Gasteiger partial charge in [0.15, 0.2) is 0 Å². The second-order valence-electron chi connectivity index (χ2n) is 3.28. The average Bonchev–Trinajstić information content (AvgIpc) is 2.40. The molecule has 0 saturated heterocycles. The summed E-state index contributed by atoms with van der Waals surface area (Å²) >= 11 is 0. The van der Waals surface area contributed by atoms with Gasteiger partial charge >= 0.3 is 0 Å². The van der Waals surface area contributed by atoms with Crippen LogP contribution in [0.25, 0.3) is 0 Å². The Balaban J connectivity index is 2.83. The van der Waals surface area contributed by atoms with E-state index in [2.05, 4.69) is 24.7 Å². The molecule has 0 bridgehead atoms. The van der Waals surface area contributed by atoms with Gasteiger partial charge in [-0.3, -0.25) is 0 Å². The zero-order valence-corrected chi connectivity index (χ0v) is 10.3. The van der Waals surface area contributed by atoms with Crippen LogP contribution in [-0.4, -0.2) is 24.8 Å². The van der Waals surface area contributed by atoms with Gasteiger partial charge in [-0.25, -0.2) is 0 Å². The van der Waals surface area contributed by atoms with Crippen LogP contribution in [0.5, 0.6) is 17.5 Å². The second-order valence-corrected chi connectivity index (χ2v) is 3.28. The maximum atomic E-state index is 5.43. The molecule has 1 aromatic rings. The first-order valence-electron chi connectivity index (χ1n) is 5.53. The van der Waals surface area contributed by atoms with Crippen molar-refractivity contribution in [1.82, 2.24) is 4.98 Å². The van der Waals surface area contributed by atoms with Crippen LogP contribution in [0.3, 0.4) is 0 Å². The summed E-state index contributed by atoms with van der Waals surface area (Å²) in [4.78, 5) is 4.17. The summed E-state index contributed by atoms with van der Waals surface area (Å²) in [6.07, 6.45) is 4.95. The van der Waals surface area contributed by atoms with Gasteiger partial charge in [0.1, 0.15) is 25.6 Å². The Bertz CT molecular complexity index is 341. The van der Waals surface area contributed by atoms with Crippen LogP contribution in [0.2, 0.25) is 0 Å². The fourth-order valence-corrected chi connectivity index (χ4v) is 1.13. The van der Waals surface area contributed by atoms with Crippen molar-refractivity contribution >= 4 is 0 Å². The summed E-state index contributed by atoms with van der Waals surface area (Å²) < 4.78 is 16.1. The van der Waals surface area contributed by atoms with Gasteiger partial charge in [-0.05, 0) is 0 Å². The fourth-order valence-electron chi connectivity index (χ4n) is 1.13. The first kappa shape index (κ1) is 13.8. The van der Waals surface area contributed by atoms with Gasteiger partial charge in [0.05, 0.1) is 0 Å². The molecule has 0 aliphatic carbocycles. The van der Waals surface area contributed by atoms with E-state index in [9.17, 15) is 0 Å². The lowest BCUT2D eigenvalue weighted by atomic mass is 10.4. The number of rotatable bonds is 9. The number of hydrogen-bond acceptors (Lipinski definition) is 4. The quantitative estimate of drug-likeness (QED) is 0.629. The molecule has 1 heterocycles. The highest BCUT2D eigenvalue weighted by atomic mass is 16.5. The Kier molecular flexibility index (Phi) is 6.11. The van der Waals surface area contributed by atoms with Crippen LogP contribution in [-0.2, 0) is 0 Å². The SMILES string of the molecule is C=CCOc1cc(OCC=C)nc(OCC=C)c1. The first-order valence-corrected chi connectivity index (χ1v) is 5.53. The molecule has 0 saturated carbocycles. The number of aromatic nitrogens is 1. The average molecular weight is 247 g/mol. The molecule has 0 spiro atoms. The zero-order valence-electron chi connectivity index (χ0n) is 10.3. The van der Waals surface area contributed by atoms with Gasteiger partial charge in [-0.2, -0.15) is 4.98 Å². The molecule has 4 heteroatoms. The van der Waals surface area contributed by atoms with Gasteiger partial charge in [-0.15, -0.1) is 0 Å². The Morgan fingerprint density at radius 2 is 1.28 bits per heavy atom. The molecule has 0 radical (unpaired) electrons. The Labute approximate surface area is 107 Å². The van der Waals surface area contributed by atoms with Gasteiger partial charge < -0.3 is 14.2 Å². The molecular weight excluding hydrogens is 230 g/mol. The molecule has 18 heavy (non-hydrogen) atoms. The third-order valence-corrected chi connectivity index (χ3v) is 1.82. The van der Waals surface area contributed by atoms with Crippen LogP contribution in [0.15, 0.2) is 50.1 Å². The predicted octanol–water partition coefficient (Wildman–Crippen LogP) is 2.78. The van der Waals surface area contributed by atoms with E-state index < -0.39 is 0 Å². The molecule has 0 N–H and O–H groups in total. The van der Waals surface area contributed by atoms with E-state index in [1.165, 1.54) is 0 Å². The van der Waals surface area contributed by atoms with E-state index in [-0.39, 0.29) is 0 Å². The van der Waals surface area contributed by atoms with Crippen molar-refractivity contribution in [3.8, 4) is 17.5 Å². The summed E-state index contributed by atoms with van der Waals surface area (Å²) in [5.41, 5.74) is 0. The van der Waals surface area contributed by atoms with Crippen molar-refractivity contribution < 1.29 is 14.2 Å². The van der Waals surface area contributed by atoms with Crippen molar-refractivity contribution in [1.29, 1.82) is 0 Å². The summed E-state index contributed by atoms with van der Waals surface area (Å²) in [7, 11) is 0.